The quantitative estimate of drug-likeness (QED) is 0.430. The van der Waals surface area contributed by atoms with Gasteiger partial charge in [0.2, 0.25) is 11.8 Å². The molecule has 1 N–H and O–H groups in total. The highest BCUT2D eigenvalue weighted by Gasteiger charge is 2.27. The largest absolute Gasteiger partial charge is 0.354 e. The third-order valence-corrected chi connectivity index (χ3v) is 6.60. The van der Waals surface area contributed by atoms with Gasteiger partial charge >= 0.3 is 0 Å². The Kier molecular flexibility index (Phi) is 10.5. The summed E-state index contributed by atoms with van der Waals surface area (Å²) >= 11 is 20.1. The number of hydrogen-bond donors (Lipinski definition) is 1. The van der Waals surface area contributed by atoms with Gasteiger partial charge in [-0.2, -0.15) is 0 Å². The molecule has 0 bridgehead atoms. The Labute approximate surface area is 203 Å². The monoisotopic (exact) mass is 500 g/mol. The lowest BCUT2D eigenvalue weighted by atomic mass is 10.1. The predicted octanol–water partition coefficient (Wildman–Crippen LogP) is 6.07. The van der Waals surface area contributed by atoms with Gasteiger partial charge in [0.05, 0.1) is 5.75 Å². The minimum atomic E-state index is -0.658. The second-order valence-electron chi connectivity index (χ2n) is 7.66. The van der Waals surface area contributed by atoms with Crippen LogP contribution in [0, 0.1) is 5.92 Å². The van der Waals surface area contributed by atoms with E-state index in [1.165, 1.54) is 16.7 Å². The van der Waals surface area contributed by atoms with Crippen molar-refractivity contribution in [2.75, 3.05) is 12.3 Å². The zero-order valence-corrected chi connectivity index (χ0v) is 20.9. The molecule has 1 atom stereocenters. The van der Waals surface area contributed by atoms with Crippen molar-refractivity contribution in [1.29, 1.82) is 0 Å². The van der Waals surface area contributed by atoms with Gasteiger partial charge in [0, 0.05) is 39.5 Å². The van der Waals surface area contributed by atoms with Crippen LogP contribution in [-0.4, -0.2) is 35.1 Å². The molecule has 0 radical (unpaired) electrons. The fraction of sp³-hybridized carbons (Fsp3) is 0.391. The summed E-state index contributed by atoms with van der Waals surface area (Å²) in [6.45, 7) is 6.47. The molecular weight excluding hydrogens is 475 g/mol. The van der Waals surface area contributed by atoms with E-state index in [-0.39, 0.29) is 24.1 Å². The van der Waals surface area contributed by atoms with E-state index < -0.39 is 6.04 Å². The number of halogens is 3. The first-order valence-electron chi connectivity index (χ1n) is 10.0. The van der Waals surface area contributed by atoms with E-state index in [0.717, 1.165) is 5.56 Å². The molecule has 2 rings (SSSR count). The van der Waals surface area contributed by atoms with Crippen LogP contribution >= 0.6 is 46.6 Å². The van der Waals surface area contributed by atoms with E-state index in [4.69, 9.17) is 34.8 Å². The number of benzene rings is 2. The maximum Gasteiger partial charge on any atom is 0.242 e. The summed E-state index contributed by atoms with van der Waals surface area (Å²) in [5.41, 5.74) is 1.70. The lowest BCUT2D eigenvalue weighted by Crippen LogP contribution is -2.48. The van der Waals surface area contributed by atoms with Crippen molar-refractivity contribution in [2.45, 2.75) is 39.1 Å². The maximum atomic E-state index is 13.1. The Morgan fingerprint density at radius 1 is 1.00 bits per heavy atom. The second-order valence-corrected chi connectivity index (χ2v) is 9.89. The molecule has 0 heterocycles. The number of thioether (sulfide) groups is 1. The highest BCUT2D eigenvalue weighted by molar-refractivity contribution is 7.99. The van der Waals surface area contributed by atoms with E-state index in [1.807, 2.05) is 38.1 Å². The van der Waals surface area contributed by atoms with Crippen LogP contribution in [0.1, 0.15) is 31.9 Å². The first kappa shape index (κ1) is 25.9. The van der Waals surface area contributed by atoms with Crippen LogP contribution in [0.25, 0.3) is 0 Å². The lowest BCUT2D eigenvalue weighted by Gasteiger charge is -2.29. The maximum absolute atomic E-state index is 13.1. The standard InChI is InChI=1S/C23H27Cl3N2O2S/c1-15(2)11-27-23(30)16(3)28(12-19-20(25)5-4-6-21(19)26)22(29)14-31-13-17-7-9-18(24)10-8-17/h4-10,15-16H,11-14H2,1-3H3,(H,27,30)/t16-/m1/s1. The number of nitrogens with zero attached hydrogens (tertiary/aromatic N) is 1. The molecule has 0 aliphatic heterocycles. The van der Waals surface area contributed by atoms with Crippen molar-refractivity contribution >= 4 is 58.4 Å². The molecule has 0 saturated carbocycles. The number of carbonyl (C=O) groups is 2. The van der Waals surface area contributed by atoms with Gasteiger partial charge < -0.3 is 10.2 Å². The first-order chi connectivity index (χ1) is 14.7. The summed E-state index contributed by atoms with van der Waals surface area (Å²) in [5.74, 6) is 0.854. The molecule has 0 unspecified atom stereocenters. The van der Waals surface area contributed by atoms with Crippen molar-refractivity contribution < 1.29 is 9.59 Å². The minimum Gasteiger partial charge on any atom is -0.354 e. The van der Waals surface area contributed by atoms with Gasteiger partial charge in [0.15, 0.2) is 0 Å². The van der Waals surface area contributed by atoms with Crippen LogP contribution in [0.5, 0.6) is 0 Å². The van der Waals surface area contributed by atoms with Crippen molar-refractivity contribution in [3.05, 3.63) is 68.7 Å². The van der Waals surface area contributed by atoms with Crippen LogP contribution in [0.15, 0.2) is 42.5 Å². The molecular formula is C23H27Cl3N2O2S. The first-order valence-corrected chi connectivity index (χ1v) is 12.3. The molecule has 0 saturated heterocycles. The molecule has 8 heteroatoms. The topological polar surface area (TPSA) is 49.4 Å². The SMILES string of the molecule is CC(C)CNC(=O)[C@@H](C)N(Cc1c(Cl)cccc1Cl)C(=O)CSCc1ccc(Cl)cc1. The van der Waals surface area contributed by atoms with Crippen molar-refractivity contribution in [2.24, 2.45) is 5.92 Å². The third-order valence-electron chi connectivity index (χ3n) is 4.65. The Balaban J connectivity index is 2.12. The molecule has 31 heavy (non-hydrogen) atoms. The zero-order chi connectivity index (χ0) is 23.0. The predicted molar refractivity (Wildman–Crippen MR) is 132 cm³/mol. The molecule has 0 aliphatic rings. The third kappa shape index (κ3) is 8.23. The molecule has 2 aromatic carbocycles. The smallest absolute Gasteiger partial charge is 0.242 e. The fourth-order valence-electron chi connectivity index (χ4n) is 2.81. The van der Waals surface area contributed by atoms with Crippen molar-refractivity contribution in [3.8, 4) is 0 Å². The highest BCUT2D eigenvalue weighted by atomic mass is 35.5. The molecule has 4 nitrogen and oxygen atoms in total. The average molecular weight is 502 g/mol. The van der Waals surface area contributed by atoms with Gasteiger partial charge in [0.1, 0.15) is 6.04 Å². The zero-order valence-electron chi connectivity index (χ0n) is 17.8. The van der Waals surface area contributed by atoms with Crippen LogP contribution in [-0.2, 0) is 21.9 Å². The van der Waals surface area contributed by atoms with Gasteiger partial charge in [0.25, 0.3) is 0 Å². The van der Waals surface area contributed by atoms with Gasteiger partial charge in [-0.1, -0.05) is 66.8 Å². The second kappa shape index (κ2) is 12.6. The molecule has 2 amide bonds. The normalized spacial score (nSPS) is 12.0. The molecule has 0 aromatic heterocycles. The van der Waals surface area contributed by atoms with Gasteiger partial charge in [-0.3, -0.25) is 9.59 Å². The summed E-state index contributed by atoms with van der Waals surface area (Å²) in [5, 5.41) is 4.51. The van der Waals surface area contributed by atoms with Crippen LogP contribution in [0.2, 0.25) is 15.1 Å². The van der Waals surface area contributed by atoms with Crippen LogP contribution in [0.4, 0.5) is 0 Å². The fourth-order valence-corrected chi connectivity index (χ4v) is 4.32. The minimum absolute atomic E-state index is 0.151. The highest BCUT2D eigenvalue weighted by Crippen LogP contribution is 2.27. The molecule has 0 fully saturated rings. The Hall–Kier alpha value is -1.40. The van der Waals surface area contributed by atoms with Crippen LogP contribution in [0.3, 0.4) is 0 Å². The van der Waals surface area contributed by atoms with Crippen molar-refractivity contribution in [1.82, 2.24) is 10.2 Å². The van der Waals surface area contributed by atoms with E-state index >= 15 is 0 Å². The number of amides is 2. The van der Waals surface area contributed by atoms with E-state index in [2.05, 4.69) is 5.32 Å². The lowest BCUT2D eigenvalue weighted by molar-refractivity contribution is -0.138. The Bertz CT molecular complexity index is 871. The van der Waals surface area contributed by atoms with Gasteiger partial charge in [-0.25, -0.2) is 0 Å². The van der Waals surface area contributed by atoms with Gasteiger partial charge in [-0.05, 0) is 42.7 Å². The number of rotatable bonds is 10. The number of hydrogen-bond acceptors (Lipinski definition) is 3. The molecule has 168 valence electrons. The van der Waals surface area contributed by atoms with Crippen molar-refractivity contribution in [3.63, 3.8) is 0 Å². The van der Waals surface area contributed by atoms with E-state index in [9.17, 15) is 9.59 Å². The summed E-state index contributed by atoms with van der Waals surface area (Å²) in [6, 6.07) is 12.1. The Morgan fingerprint density at radius 2 is 1.61 bits per heavy atom. The summed E-state index contributed by atoms with van der Waals surface area (Å²) in [6.07, 6.45) is 0. The molecule has 2 aromatic rings. The summed E-state index contributed by atoms with van der Waals surface area (Å²) in [4.78, 5) is 27.3. The number of carbonyl (C=O) groups excluding carboxylic acids is 2. The van der Waals surface area contributed by atoms with E-state index in [0.29, 0.717) is 38.8 Å². The Morgan fingerprint density at radius 3 is 2.19 bits per heavy atom. The average Bonchev–Trinajstić information content (AvgIpc) is 2.72. The van der Waals surface area contributed by atoms with Crippen LogP contribution < -0.4 is 5.32 Å². The summed E-state index contributed by atoms with van der Waals surface area (Å²) < 4.78 is 0. The molecule has 0 aliphatic carbocycles. The van der Waals surface area contributed by atoms with Gasteiger partial charge in [-0.15, -0.1) is 11.8 Å². The van der Waals surface area contributed by atoms with E-state index in [1.54, 1.807) is 25.1 Å². The number of nitrogens with one attached hydrogen (secondary N) is 1. The molecule has 0 spiro atoms. The summed E-state index contributed by atoms with van der Waals surface area (Å²) in [7, 11) is 0.